The normalized spacial score (nSPS) is 19.2. The van der Waals surface area contributed by atoms with Crippen molar-refractivity contribution in [2.45, 2.75) is 19.4 Å². The fraction of sp³-hybridized carbons (Fsp3) is 0.211. The minimum Gasteiger partial charge on any atom is -0.508 e. The van der Waals surface area contributed by atoms with Crippen LogP contribution in [0, 0.1) is 34.4 Å². The third-order valence-corrected chi connectivity index (χ3v) is 4.33. The van der Waals surface area contributed by atoms with Crippen molar-refractivity contribution in [3.8, 4) is 17.9 Å². The fourth-order valence-electron chi connectivity index (χ4n) is 2.98. The quantitative estimate of drug-likeness (QED) is 0.930. The van der Waals surface area contributed by atoms with Crippen molar-refractivity contribution < 1.29 is 9.50 Å². The van der Waals surface area contributed by atoms with Gasteiger partial charge in [-0.25, -0.2) is 4.39 Å². The van der Waals surface area contributed by atoms with E-state index in [9.17, 15) is 9.50 Å². The number of phenolic OH excluding ortho intramolecular Hbond substituents is 1. The van der Waals surface area contributed by atoms with Crippen molar-refractivity contribution in [3.05, 3.63) is 59.4 Å². The number of hydrogen-bond donors (Lipinski definition) is 1. The molecule has 124 valence electrons. The van der Waals surface area contributed by atoms with Gasteiger partial charge >= 0.3 is 0 Å². The van der Waals surface area contributed by atoms with Crippen molar-refractivity contribution in [2.75, 3.05) is 5.01 Å². The lowest BCUT2D eigenvalue weighted by Gasteiger charge is -2.24. The Balaban J connectivity index is 2.05. The standard InChI is InChI=1S/C19H15FN4O/c1-12-18(8-9-21)24(14-3-5-15(25)6-4-14)23-19(12)16-7-2-13(11-22)10-17(16)20/h2-7,10,12,18,25H,8H2,1H3. The molecule has 1 aliphatic rings. The Morgan fingerprint density at radius 3 is 2.52 bits per heavy atom. The Labute approximate surface area is 144 Å². The molecule has 5 nitrogen and oxygen atoms in total. The van der Waals surface area contributed by atoms with E-state index in [2.05, 4.69) is 11.2 Å². The molecule has 6 heteroatoms. The Morgan fingerprint density at radius 2 is 1.92 bits per heavy atom. The predicted octanol–water partition coefficient (Wildman–Crippen LogP) is 3.55. The van der Waals surface area contributed by atoms with Crippen LogP contribution in [0.3, 0.4) is 0 Å². The highest BCUT2D eigenvalue weighted by molar-refractivity contribution is 6.05. The molecule has 25 heavy (non-hydrogen) atoms. The van der Waals surface area contributed by atoms with Gasteiger partial charge in [0, 0.05) is 11.5 Å². The molecule has 0 aliphatic carbocycles. The van der Waals surface area contributed by atoms with Crippen LogP contribution in [-0.2, 0) is 0 Å². The average Bonchev–Trinajstić information content (AvgIpc) is 2.93. The van der Waals surface area contributed by atoms with Crippen LogP contribution in [0.2, 0.25) is 0 Å². The molecule has 1 heterocycles. The summed E-state index contributed by atoms with van der Waals surface area (Å²) in [6, 6.07) is 14.6. The number of nitrogens with zero attached hydrogens (tertiary/aromatic N) is 4. The molecule has 0 fully saturated rings. The zero-order chi connectivity index (χ0) is 18.0. The molecule has 3 rings (SSSR count). The summed E-state index contributed by atoms with van der Waals surface area (Å²) in [5, 5.41) is 33.7. The summed E-state index contributed by atoms with van der Waals surface area (Å²) in [6.45, 7) is 1.90. The summed E-state index contributed by atoms with van der Waals surface area (Å²) in [6.07, 6.45) is 0.229. The molecule has 0 spiro atoms. The number of halogens is 1. The van der Waals surface area contributed by atoms with E-state index in [1.165, 1.54) is 6.07 Å². The summed E-state index contributed by atoms with van der Waals surface area (Å²) in [4.78, 5) is 0. The van der Waals surface area contributed by atoms with Crippen molar-refractivity contribution in [2.24, 2.45) is 11.0 Å². The largest absolute Gasteiger partial charge is 0.508 e. The Morgan fingerprint density at radius 1 is 1.20 bits per heavy atom. The number of rotatable bonds is 3. The van der Waals surface area contributed by atoms with E-state index in [4.69, 9.17) is 10.5 Å². The van der Waals surface area contributed by atoms with Crippen molar-refractivity contribution in [1.82, 2.24) is 0 Å². The second kappa shape index (κ2) is 6.62. The minimum atomic E-state index is -0.507. The summed E-state index contributed by atoms with van der Waals surface area (Å²) in [5.41, 5.74) is 1.83. The number of aromatic hydroxyl groups is 1. The molecular formula is C19H15FN4O. The second-order valence-electron chi connectivity index (χ2n) is 5.87. The lowest BCUT2D eigenvalue weighted by molar-refractivity contribution is 0.475. The molecule has 2 aromatic rings. The first-order chi connectivity index (χ1) is 12.0. The number of hydrazone groups is 1. The monoisotopic (exact) mass is 334 g/mol. The predicted molar refractivity (Wildman–Crippen MR) is 91.4 cm³/mol. The molecule has 0 amide bonds. The van der Waals surface area contributed by atoms with E-state index in [0.29, 0.717) is 17.0 Å². The van der Waals surface area contributed by atoms with Crippen LogP contribution in [0.4, 0.5) is 10.1 Å². The topological polar surface area (TPSA) is 83.4 Å². The Bertz CT molecular complexity index is 909. The van der Waals surface area contributed by atoms with Crippen LogP contribution in [0.5, 0.6) is 5.75 Å². The first kappa shape index (κ1) is 16.5. The van der Waals surface area contributed by atoms with Gasteiger partial charge in [0.1, 0.15) is 11.6 Å². The fourth-order valence-corrected chi connectivity index (χ4v) is 2.98. The third-order valence-electron chi connectivity index (χ3n) is 4.33. The SMILES string of the molecule is CC1C(c2ccc(C#N)cc2F)=NN(c2ccc(O)cc2)C1CC#N. The van der Waals surface area contributed by atoms with Crippen LogP contribution in [0.1, 0.15) is 24.5 Å². The number of phenols is 1. The number of hydrogen-bond acceptors (Lipinski definition) is 5. The minimum absolute atomic E-state index is 0.134. The van der Waals surface area contributed by atoms with E-state index in [1.807, 2.05) is 13.0 Å². The van der Waals surface area contributed by atoms with Crippen molar-refractivity contribution in [1.29, 1.82) is 10.5 Å². The van der Waals surface area contributed by atoms with Gasteiger partial charge in [0.2, 0.25) is 0 Å². The van der Waals surface area contributed by atoms with Gasteiger partial charge in [0.05, 0.1) is 41.6 Å². The molecule has 1 aliphatic heterocycles. The molecular weight excluding hydrogens is 319 g/mol. The van der Waals surface area contributed by atoms with Crippen LogP contribution in [0.25, 0.3) is 0 Å². The Kier molecular flexibility index (Phi) is 4.36. The van der Waals surface area contributed by atoms with Gasteiger partial charge in [-0.2, -0.15) is 15.6 Å². The zero-order valence-corrected chi connectivity index (χ0v) is 13.5. The van der Waals surface area contributed by atoms with Crippen molar-refractivity contribution >= 4 is 11.4 Å². The molecule has 0 aromatic heterocycles. The van der Waals surface area contributed by atoms with Crippen LogP contribution >= 0.6 is 0 Å². The maximum absolute atomic E-state index is 14.4. The lowest BCUT2D eigenvalue weighted by Crippen LogP contribution is -2.31. The summed E-state index contributed by atoms with van der Waals surface area (Å²) < 4.78 is 14.4. The van der Waals surface area contributed by atoms with Crippen LogP contribution in [-0.4, -0.2) is 16.9 Å². The average molecular weight is 334 g/mol. The summed E-state index contributed by atoms with van der Waals surface area (Å²) >= 11 is 0. The maximum Gasteiger partial charge on any atom is 0.133 e. The van der Waals surface area contributed by atoms with E-state index in [0.717, 1.165) is 0 Å². The first-order valence-electron chi connectivity index (χ1n) is 7.79. The molecule has 0 radical (unpaired) electrons. The van der Waals surface area contributed by atoms with Crippen molar-refractivity contribution in [3.63, 3.8) is 0 Å². The van der Waals surface area contributed by atoms with E-state index < -0.39 is 5.82 Å². The number of benzene rings is 2. The van der Waals surface area contributed by atoms with Gasteiger partial charge in [-0.1, -0.05) is 6.92 Å². The summed E-state index contributed by atoms with van der Waals surface area (Å²) in [5.74, 6) is -0.543. The van der Waals surface area contributed by atoms with Crippen LogP contribution in [0.15, 0.2) is 47.6 Å². The maximum atomic E-state index is 14.4. The molecule has 0 saturated carbocycles. The van der Waals surface area contributed by atoms with Gasteiger partial charge in [0.15, 0.2) is 0 Å². The second-order valence-corrected chi connectivity index (χ2v) is 5.87. The highest BCUT2D eigenvalue weighted by Crippen LogP contribution is 2.33. The number of anilines is 1. The lowest BCUT2D eigenvalue weighted by atomic mass is 9.90. The van der Waals surface area contributed by atoms with E-state index >= 15 is 0 Å². The van der Waals surface area contributed by atoms with Gasteiger partial charge in [-0.15, -0.1) is 0 Å². The van der Waals surface area contributed by atoms with Crippen LogP contribution < -0.4 is 5.01 Å². The molecule has 1 N–H and O–H groups in total. The summed E-state index contributed by atoms with van der Waals surface area (Å²) in [7, 11) is 0. The highest BCUT2D eigenvalue weighted by atomic mass is 19.1. The molecule has 0 saturated heterocycles. The van der Waals surface area contributed by atoms with Gasteiger partial charge in [-0.05, 0) is 42.5 Å². The highest BCUT2D eigenvalue weighted by Gasteiger charge is 2.36. The third kappa shape index (κ3) is 3.02. The van der Waals surface area contributed by atoms with E-state index in [1.54, 1.807) is 41.4 Å². The molecule has 2 unspecified atom stereocenters. The Hall–Kier alpha value is -3.38. The smallest absolute Gasteiger partial charge is 0.133 e. The van der Waals surface area contributed by atoms with Gasteiger partial charge < -0.3 is 5.11 Å². The van der Waals surface area contributed by atoms with Gasteiger partial charge in [0.25, 0.3) is 0 Å². The van der Waals surface area contributed by atoms with E-state index in [-0.39, 0.29) is 29.7 Å². The molecule has 0 bridgehead atoms. The first-order valence-corrected chi connectivity index (χ1v) is 7.79. The molecule has 2 atom stereocenters. The van der Waals surface area contributed by atoms with Gasteiger partial charge in [-0.3, -0.25) is 5.01 Å². The zero-order valence-electron chi connectivity index (χ0n) is 13.5. The number of nitriles is 2. The molecule has 2 aromatic carbocycles.